The highest BCUT2D eigenvalue weighted by atomic mass is 32.2. The van der Waals surface area contributed by atoms with Gasteiger partial charge in [0.05, 0.1) is 12.0 Å². The Morgan fingerprint density at radius 1 is 1.30 bits per heavy atom. The molecule has 0 radical (unpaired) electrons. The lowest BCUT2D eigenvalue weighted by atomic mass is 10.3. The Morgan fingerprint density at radius 2 is 2.20 bits per heavy atom. The molecule has 20 heavy (non-hydrogen) atoms. The normalized spacial score (nSPS) is 10.8. The summed E-state index contributed by atoms with van der Waals surface area (Å²) in [4.78, 5) is 4.98. The first-order valence-corrected chi connectivity index (χ1v) is 6.75. The maximum atomic E-state index is 12.9. The second-order valence-electron chi connectivity index (χ2n) is 3.96. The molecule has 0 aliphatic heterocycles. The number of halogens is 1. The standard InChI is InChI=1S/C13H10FN3O2S/c14-8-3-4-11(9(15)6-8)20-7-12-16-13(17-19-12)10-2-1-5-18-10/h1-6H,7,15H2. The van der Waals surface area contributed by atoms with Crippen molar-refractivity contribution < 1.29 is 13.3 Å². The van der Waals surface area contributed by atoms with Crippen LogP contribution in [0.25, 0.3) is 11.6 Å². The van der Waals surface area contributed by atoms with Crippen LogP contribution in [0, 0.1) is 5.82 Å². The summed E-state index contributed by atoms with van der Waals surface area (Å²) in [5, 5.41) is 3.82. The summed E-state index contributed by atoms with van der Waals surface area (Å²) >= 11 is 1.40. The van der Waals surface area contributed by atoms with Gasteiger partial charge >= 0.3 is 0 Å². The van der Waals surface area contributed by atoms with Gasteiger partial charge in [-0.2, -0.15) is 4.98 Å². The Morgan fingerprint density at radius 3 is 2.95 bits per heavy atom. The molecule has 0 fully saturated rings. The number of nitrogen functional groups attached to an aromatic ring is 1. The van der Waals surface area contributed by atoms with E-state index < -0.39 is 0 Å². The zero-order valence-electron chi connectivity index (χ0n) is 10.2. The van der Waals surface area contributed by atoms with Gasteiger partial charge < -0.3 is 14.7 Å². The van der Waals surface area contributed by atoms with Crippen molar-refractivity contribution in [3.05, 3.63) is 48.3 Å². The van der Waals surface area contributed by atoms with Crippen molar-refractivity contribution >= 4 is 17.4 Å². The van der Waals surface area contributed by atoms with Crippen molar-refractivity contribution in [1.82, 2.24) is 10.1 Å². The Kier molecular flexibility index (Phi) is 3.42. The van der Waals surface area contributed by atoms with Gasteiger partial charge in [-0.15, -0.1) is 11.8 Å². The number of nitrogens with two attached hydrogens (primary N) is 1. The van der Waals surface area contributed by atoms with Crippen LogP contribution in [-0.2, 0) is 5.75 Å². The fourth-order valence-corrected chi connectivity index (χ4v) is 2.40. The van der Waals surface area contributed by atoms with Crippen LogP contribution in [0.5, 0.6) is 0 Å². The molecule has 0 amide bonds. The number of nitrogens with zero attached hydrogens (tertiary/aromatic N) is 2. The molecule has 1 aromatic carbocycles. The topological polar surface area (TPSA) is 78.1 Å². The number of anilines is 1. The van der Waals surface area contributed by atoms with Crippen molar-refractivity contribution in [2.45, 2.75) is 10.6 Å². The van der Waals surface area contributed by atoms with E-state index in [4.69, 9.17) is 14.7 Å². The van der Waals surface area contributed by atoms with Crippen LogP contribution < -0.4 is 5.73 Å². The number of furan rings is 1. The van der Waals surface area contributed by atoms with Gasteiger partial charge in [0, 0.05) is 10.6 Å². The second kappa shape index (κ2) is 5.38. The fourth-order valence-electron chi connectivity index (χ4n) is 1.61. The minimum absolute atomic E-state index is 0.357. The Hall–Kier alpha value is -2.28. The van der Waals surface area contributed by atoms with Crippen LogP contribution in [0.15, 0.2) is 50.4 Å². The predicted octanol–water partition coefficient (Wildman–Crippen LogP) is 3.34. The molecule has 2 aromatic heterocycles. The van der Waals surface area contributed by atoms with E-state index in [0.29, 0.717) is 28.9 Å². The SMILES string of the molecule is Nc1cc(F)ccc1SCc1nc(-c2ccco2)no1. The van der Waals surface area contributed by atoms with E-state index in [2.05, 4.69) is 10.1 Å². The average molecular weight is 291 g/mol. The Balaban J connectivity index is 1.70. The molecule has 0 bridgehead atoms. The monoisotopic (exact) mass is 291 g/mol. The summed E-state index contributed by atoms with van der Waals surface area (Å²) in [6.07, 6.45) is 1.54. The molecular formula is C13H10FN3O2S. The first kappa shape index (κ1) is 12.7. The van der Waals surface area contributed by atoms with E-state index in [1.165, 1.54) is 23.9 Å². The summed E-state index contributed by atoms with van der Waals surface area (Å²) in [5.74, 6) is 1.49. The zero-order valence-corrected chi connectivity index (χ0v) is 11.1. The van der Waals surface area contributed by atoms with Crippen LogP contribution in [0.2, 0.25) is 0 Å². The largest absolute Gasteiger partial charge is 0.461 e. The number of rotatable bonds is 4. The third-order valence-corrected chi connectivity index (χ3v) is 3.61. The van der Waals surface area contributed by atoms with E-state index in [9.17, 15) is 4.39 Å². The summed E-state index contributed by atoms with van der Waals surface area (Å²) in [5.41, 5.74) is 6.12. The molecule has 5 nitrogen and oxygen atoms in total. The summed E-state index contributed by atoms with van der Waals surface area (Å²) in [6, 6.07) is 7.77. The molecule has 0 saturated carbocycles. The maximum absolute atomic E-state index is 12.9. The van der Waals surface area contributed by atoms with Crippen LogP contribution in [-0.4, -0.2) is 10.1 Å². The minimum atomic E-state index is -0.357. The first-order chi connectivity index (χ1) is 9.72. The Bertz CT molecular complexity index is 712. The van der Waals surface area contributed by atoms with E-state index >= 15 is 0 Å². The fraction of sp³-hybridized carbons (Fsp3) is 0.0769. The Labute approximate surface area is 118 Å². The molecule has 2 N–H and O–H groups in total. The lowest BCUT2D eigenvalue weighted by Gasteiger charge is -2.02. The third-order valence-electron chi connectivity index (χ3n) is 2.53. The third kappa shape index (κ3) is 2.67. The highest BCUT2D eigenvalue weighted by Gasteiger charge is 2.11. The summed E-state index contributed by atoms with van der Waals surface area (Å²) in [7, 11) is 0. The lowest BCUT2D eigenvalue weighted by Crippen LogP contribution is -1.90. The number of thioether (sulfide) groups is 1. The average Bonchev–Trinajstić information content (AvgIpc) is 3.08. The number of hydrogen-bond acceptors (Lipinski definition) is 6. The summed E-state index contributed by atoms with van der Waals surface area (Å²) < 4.78 is 23.2. The molecular weight excluding hydrogens is 281 g/mol. The number of aromatic nitrogens is 2. The zero-order chi connectivity index (χ0) is 13.9. The van der Waals surface area contributed by atoms with Gasteiger partial charge in [-0.25, -0.2) is 4.39 Å². The molecule has 0 aliphatic rings. The van der Waals surface area contributed by atoms with E-state index in [0.717, 1.165) is 4.90 Å². The van der Waals surface area contributed by atoms with Crippen LogP contribution >= 0.6 is 11.8 Å². The molecule has 0 aliphatic carbocycles. The van der Waals surface area contributed by atoms with Gasteiger partial charge in [-0.3, -0.25) is 0 Å². The van der Waals surface area contributed by atoms with Gasteiger partial charge in [0.1, 0.15) is 5.82 Å². The maximum Gasteiger partial charge on any atom is 0.238 e. The van der Waals surface area contributed by atoms with Crippen LogP contribution in [0.4, 0.5) is 10.1 Å². The molecule has 102 valence electrons. The molecule has 7 heteroatoms. The molecule has 3 aromatic rings. The molecule has 0 unspecified atom stereocenters. The van der Waals surface area contributed by atoms with E-state index in [-0.39, 0.29) is 5.82 Å². The van der Waals surface area contributed by atoms with E-state index in [1.807, 2.05) is 0 Å². The highest BCUT2D eigenvalue weighted by molar-refractivity contribution is 7.98. The second-order valence-corrected chi connectivity index (χ2v) is 4.98. The molecule has 2 heterocycles. The van der Waals surface area contributed by atoms with Crippen molar-refractivity contribution in [1.29, 1.82) is 0 Å². The van der Waals surface area contributed by atoms with Crippen molar-refractivity contribution in [2.75, 3.05) is 5.73 Å². The van der Waals surface area contributed by atoms with E-state index in [1.54, 1.807) is 24.5 Å². The van der Waals surface area contributed by atoms with Gasteiger partial charge in [-0.1, -0.05) is 5.16 Å². The van der Waals surface area contributed by atoms with Gasteiger partial charge in [0.25, 0.3) is 0 Å². The van der Waals surface area contributed by atoms with Gasteiger partial charge in [0.2, 0.25) is 11.7 Å². The predicted molar refractivity (Wildman–Crippen MR) is 72.4 cm³/mol. The van der Waals surface area contributed by atoms with Gasteiger partial charge in [0.15, 0.2) is 5.76 Å². The number of hydrogen-bond donors (Lipinski definition) is 1. The molecule has 3 rings (SSSR count). The quantitative estimate of drug-likeness (QED) is 0.586. The van der Waals surface area contributed by atoms with Crippen molar-refractivity contribution in [2.24, 2.45) is 0 Å². The highest BCUT2D eigenvalue weighted by Crippen LogP contribution is 2.28. The minimum Gasteiger partial charge on any atom is -0.461 e. The first-order valence-electron chi connectivity index (χ1n) is 5.76. The van der Waals surface area contributed by atoms with Crippen LogP contribution in [0.1, 0.15) is 5.89 Å². The summed E-state index contributed by atoms with van der Waals surface area (Å²) in [6.45, 7) is 0. The lowest BCUT2D eigenvalue weighted by molar-refractivity contribution is 0.390. The van der Waals surface area contributed by atoms with Gasteiger partial charge in [-0.05, 0) is 30.3 Å². The molecule has 0 saturated heterocycles. The van der Waals surface area contributed by atoms with Crippen molar-refractivity contribution in [3.63, 3.8) is 0 Å². The molecule has 0 spiro atoms. The smallest absolute Gasteiger partial charge is 0.238 e. The molecule has 0 atom stereocenters. The van der Waals surface area contributed by atoms with Crippen molar-refractivity contribution in [3.8, 4) is 11.6 Å². The van der Waals surface area contributed by atoms with Crippen LogP contribution in [0.3, 0.4) is 0 Å². The number of benzene rings is 1.